The van der Waals surface area contributed by atoms with Crippen LogP contribution in [0.1, 0.15) is 48.7 Å². The fraction of sp³-hybridized carbons (Fsp3) is 0.615. The summed E-state index contributed by atoms with van der Waals surface area (Å²) in [7, 11) is 1.36. The Morgan fingerprint density at radius 2 is 2.35 bits per heavy atom. The van der Waals surface area contributed by atoms with E-state index in [-0.39, 0.29) is 5.54 Å². The molecule has 1 aromatic rings. The van der Waals surface area contributed by atoms with Crippen LogP contribution in [0.3, 0.4) is 0 Å². The van der Waals surface area contributed by atoms with Crippen molar-refractivity contribution in [3.05, 3.63) is 23.7 Å². The van der Waals surface area contributed by atoms with Crippen LogP contribution in [0.2, 0.25) is 0 Å². The number of hydrogen-bond donors (Lipinski definition) is 1. The minimum Gasteiger partial charge on any atom is -0.463 e. The lowest BCUT2D eigenvalue weighted by Crippen LogP contribution is -2.49. The Morgan fingerprint density at radius 3 is 2.88 bits per heavy atom. The average Bonchev–Trinajstić information content (AvgIpc) is 2.75. The maximum atomic E-state index is 11.4. The zero-order valence-corrected chi connectivity index (χ0v) is 10.4. The fourth-order valence-electron chi connectivity index (χ4n) is 2.29. The standard InChI is InChI=1S/C13H19NO3/c1-3-13(6-4-7-13)14-9-10-5-8-17-11(10)12(15)16-2/h5,8,14H,3-4,6-7,9H2,1-2H3. The van der Waals surface area contributed by atoms with Crippen LogP contribution in [0.5, 0.6) is 0 Å². The average molecular weight is 237 g/mol. The molecule has 1 fully saturated rings. The Morgan fingerprint density at radius 1 is 1.59 bits per heavy atom. The van der Waals surface area contributed by atoms with Crippen LogP contribution in [0.15, 0.2) is 16.7 Å². The third-order valence-corrected chi connectivity index (χ3v) is 3.76. The molecular formula is C13H19NO3. The number of carbonyl (C=O) groups excluding carboxylic acids is 1. The molecule has 4 nitrogen and oxygen atoms in total. The first-order valence-corrected chi connectivity index (χ1v) is 6.10. The minimum atomic E-state index is -0.411. The Kier molecular flexibility index (Phi) is 3.52. The van der Waals surface area contributed by atoms with Gasteiger partial charge in [-0.05, 0) is 31.7 Å². The van der Waals surface area contributed by atoms with Crippen molar-refractivity contribution in [2.24, 2.45) is 0 Å². The van der Waals surface area contributed by atoms with Gasteiger partial charge in [0.2, 0.25) is 5.76 Å². The summed E-state index contributed by atoms with van der Waals surface area (Å²) in [5, 5.41) is 3.54. The van der Waals surface area contributed by atoms with Crippen molar-refractivity contribution < 1.29 is 13.9 Å². The zero-order chi connectivity index (χ0) is 12.3. The van der Waals surface area contributed by atoms with E-state index in [0.717, 1.165) is 12.0 Å². The van der Waals surface area contributed by atoms with E-state index in [1.807, 2.05) is 6.07 Å². The summed E-state index contributed by atoms with van der Waals surface area (Å²) in [6.45, 7) is 2.86. The molecule has 1 aromatic heterocycles. The van der Waals surface area contributed by atoms with Crippen molar-refractivity contribution in [3.63, 3.8) is 0 Å². The molecule has 1 aliphatic carbocycles. The molecule has 0 aromatic carbocycles. The molecule has 0 spiro atoms. The summed E-state index contributed by atoms with van der Waals surface area (Å²) in [6.07, 6.45) is 6.38. The smallest absolute Gasteiger partial charge is 0.374 e. The van der Waals surface area contributed by atoms with Crippen LogP contribution in [0, 0.1) is 0 Å². The largest absolute Gasteiger partial charge is 0.463 e. The lowest BCUT2D eigenvalue weighted by Gasteiger charge is -2.42. The van der Waals surface area contributed by atoms with E-state index in [0.29, 0.717) is 12.3 Å². The second-order valence-electron chi connectivity index (χ2n) is 4.61. The molecule has 2 rings (SSSR count). The van der Waals surface area contributed by atoms with Gasteiger partial charge in [-0.3, -0.25) is 0 Å². The summed E-state index contributed by atoms with van der Waals surface area (Å²) in [5.41, 5.74) is 1.14. The molecule has 1 N–H and O–H groups in total. The summed E-state index contributed by atoms with van der Waals surface area (Å²) in [5.74, 6) is -0.100. The van der Waals surface area contributed by atoms with Crippen LogP contribution in [0.25, 0.3) is 0 Å². The van der Waals surface area contributed by atoms with Crippen molar-refractivity contribution >= 4 is 5.97 Å². The number of rotatable bonds is 5. The number of ether oxygens (including phenoxy) is 1. The first-order chi connectivity index (χ1) is 8.21. The van der Waals surface area contributed by atoms with Crippen LogP contribution in [0.4, 0.5) is 0 Å². The predicted octanol–water partition coefficient (Wildman–Crippen LogP) is 2.49. The zero-order valence-electron chi connectivity index (χ0n) is 10.4. The molecule has 0 bridgehead atoms. The van der Waals surface area contributed by atoms with Crippen molar-refractivity contribution in [3.8, 4) is 0 Å². The maximum Gasteiger partial charge on any atom is 0.374 e. The van der Waals surface area contributed by atoms with Crippen molar-refractivity contribution in [2.45, 2.75) is 44.7 Å². The molecule has 0 atom stereocenters. The predicted molar refractivity (Wildman–Crippen MR) is 63.8 cm³/mol. The highest BCUT2D eigenvalue weighted by Gasteiger charge is 2.34. The third kappa shape index (κ3) is 2.36. The molecule has 0 radical (unpaired) electrons. The summed E-state index contributed by atoms with van der Waals surface area (Å²) >= 11 is 0. The Hall–Kier alpha value is -1.29. The molecule has 4 heteroatoms. The van der Waals surface area contributed by atoms with Gasteiger partial charge in [0.1, 0.15) is 0 Å². The molecule has 0 saturated heterocycles. The number of methoxy groups -OCH3 is 1. The first kappa shape index (κ1) is 12.2. The van der Waals surface area contributed by atoms with Crippen molar-refractivity contribution in [1.29, 1.82) is 0 Å². The first-order valence-electron chi connectivity index (χ1n) is 6.10. The van der Waals surface area contributed by atoms with E-state index >= 15 is 0 Å². The van der Waals surface area contributed by atoms with Gasteiger partial charge in [0.25, 0.3) is 0 Å². The van der Waals surface area contributed by atoms with E-state index in [9.17, 15) is 4.79 Å². The molecule has 0 amide bonds. The van der Waals surface area contributed by atoms with E-state index in [4.69, 9.17) is 4.42 Å². The number of furan rings is 1. The van der Waals surface area contributed by atoms with Crippen molar-refractivity contribution in [1.82, 2.24) is 5.32 Å². The molecule has 1 heterocycles. The molecule has 1 saturated carbocycles. The third-order valence-electron chi connectivity index (χ3n) is 3.76. The SMILES string of the molecule is CCC1(NCc2ccoc2C(=O)OC)CCC1. The van der Waals surface area contributed by atoms with Gasteiger partial charge in [-0.15, -0.1) is 0 Å². The molecule has 17 heavy (non-hydrogen) atoms. The van der Waals surface area contributed by atoms with Gasteiger partial charge in [-0.25, -0.2) is 4.79 Å². The van der Waals surface area contributed by atoms with E-state index < -0.39 is 5.97 Å². The Labute approximate surface area is 101 Å². The Bertz CT molecular complexity index is 388. The molecule has 0 unspecified atom stereocenters. The number of esters is 1. The van der Waals surface area contributed by atoms with Gasteiger partial charge >= 0.3 is 5.97 Å². The quantitative estimate of drug-likeness (QED) is 0.799. The normalized spacial score (nSPS) is 17.5. The van der Waals surface area contributed by atoms with Crippen LogP contribution < -0.4 is 5.32 Å². The summed E-state index contributed by atoms with van der Waals surface area (Å²) in [4.78, 5) is 11.4. The minimum absolute atomic E-state index is 0.269. The van der Waals surface area contributed by atoms with E-state index in [1.165, 1.54) is 32.6 Å². The van der Waals surface area contributed by atoms with Gasteiger partial charge in [-0.2, -0.15) is 0 Å². The maximum absolute atomic E-state index is 11.4. The highest BCUT2D eigenvalue weighted by molar-refractivity contribution is 5.87. The fourth-order valence-corrected chi connectivity index (χ4v) is 2.29. The van der Waals surface area contributed by atoms with Gasteiger partial charge in [-0.1, -0.05) is 6.92 Å². The highest BCUT2D eigenvalue weighted by Crippen LogP contribution is 2.35. The molecule has 94 valence electrons. The van der Waals surface area contributed by atoms with E-state index in [2.05, 4.69) is 17.0 Å². The second-order valence-corrected chi connectivity index (χ2v) is 4.61. The number of carbonyl (C=O) groups is 1. The second kappa shape index (κ2) is 4.92. The lowest BCUT2D eigenvalue weighted by molar-refractivity contribution is 0.0562. The summed E-state index contributed by atoms with van der Waals surface area (Å²) < 4.78 is 9.83. The van der Waals surface area contributed by atoms with Crippen molar-refractivity contribution in [2.75, 3.05) is 7.11 Å². The van der Waals surface area contributed by atoms with Gasteiger partial charge in [0, 0.05) is 17.6 Å². The Balaban J connectivity index is 1.99. The summed E-state index contributed by atoms with van der Waals surface area (Å²) in [6, 6.07) is 1.82. The van der Waals surface area contributed by atoms with Crippen LogP contribution in [-0.4, -0.2) is 18.6 Å². The van der Waals surface area contributed by atoms with Crippen LogP contribution in [-0.2, 0) is 11.3 Å². The molecular weight excluding hydrogens is 218 g/mol. The number of hydrogen-bond acceptors (Lipinski definition) is 4. The monoisotopic (exact) mass is 237 g/mol. The number of nitrogens with one attached hydrogen (secondary N) is 1. The topological polar surface area (TPSA) is 51.5 Å². The van der Waals surface area contributed by atoms with E-state index in [1.54, 1.807) is 0 Å². The van der Waals surface area contributed by atoms with Crippen LogP contribution >= 0.6 is 0 Å². The van der Waals surface area contributed by atoms with Gasteiger partial charge in [0.05, 0.1) is 13.4 Å². The lowest BCUT2D eigenvalue weighted by atomic mass is 9.75. The molecule has 1 aliphatic rings. The highest BCUT2D eigenvalue weighted by atomic mass is 16.5. The van der Waals surface area contributed by atoms with Gasteiger partial charge < -0.3 is 14.5 Å². The molecule has 0 aliphatic heterocycles. The van der Waals surface area contributed by atoms with Gasteiger partial charge in [0.15, 0.2) is 0 Å².